The van der Waals surface area contributed by atoms with Gasteiger partial charge >= 0.3 is 0 Å². The minimum Gasteiger partial charge on any atom is -0.302 e. The Morgan fingerprint density at radius 3 is 1.98 bits per heavy atom. The Morgan fingerprint density at radius 2 is 1.22 bits per heavy atom. The molecule has 1 aromatic heterocycles. The fraction of sp³-hybridized carbons (Fsp3) is 0.109. The molecule has 2 aliphatic carbocycles. The van der Waals surface area contributed by atoms with Gasteiger partial charge in [-0.3, -0.25) is 0 Å². The summed E-state index contributed by atoms with van der Waals surface area (Å²) in [5.41, 5.74) is 12.1. The van der Waals surface area contributed by atoms with Crippen molar-refractivity contribution in [3.8, 4) is 33.9 Å². The molecule has 0 bridgehead atoms. The maximum absolute atomic E-state index is 5.19. The van der Waals surface area contributed by atoms with Crippen LogP contribution in [0.2, 0.25) is 0 Å². The lowest BCUT2D eigenvalue weighted by Crippen LogP contribution is -2.33. The molecular formula is C46H34N4. The molecule has 50 heavy (non-hydrogen) atoms. The van der Waals surface area contributed by atoms with Gasteiger partial charge in [0.15, 0.2) is 11.6 Å². The summed E-state index contributed by atoms with van der Waals surface area (Å²) < 4.78 is 0. The summed E-state index contributed by atoms with van der Waals surface area (Å²) in [4.78, 5) is 17.7. The van der Waals surface area contributed by atoms with Gasteiger partial charge in [0.1, 0.15) is 0 Å². The highest BCUT2D eigenvalue weighted by molar-refractivity contribution is 5.99. The molecule has 0 saturated carbocycles. The number of aromatic nitrogens is 3. The number of hydrogen-bond acceptors (Lipinski definition) is 4. The highest BCUT2D eigenvalue weighted by Gasteiger charge is 2.47. The van der Waals surface area contributed by atoms with Crippen molar-refractivity contribution >= 4 is 28.0 Å². The van der Waals surface area contributed by atoms with E-state index in [9.17, 15) is 0 Å². The summed E-state index contributed by atoms with van der Waals surface area (Å²) in [6, 6.07) is 51.6. The average molecular weight is 643 g/mol. The molecule has 2 unspecified atom stereocenters. The Balaban J connectivity index is 1.13. The lowest BCUT2D eigenvalue weighted by atomic mass is 9.77. The zero-order valence-electron chi connectivity index (χ0n) is 28.0. The predicted octanol–water partition coefficient (Wildman–Crippen LogP) is 10.9. The standard InChI is InChI=1S/C46H34N4/c1-46(2)39-26-32(34-22-13-19-29-14-9-10-20-33(29)34)24-25-35(39)37-27-38-36-21-11-12-23-41(36)50(42(38)28-40(37)46)45-48-43(30-15-5-3-6-16-30)47-44(49-45)31-17-7-4-8-18-31/h3-28,38,42H,1-2H3. The second-order valence-corrected chi connectivity index (χ2v) is 14.0. The largest absolute Gasteiger partial charge is 0.302 e. The molecule has 0 saturated heterocycles. The van der Waals surface area contributed by atoms with E-state index in [1.165, 1.54) is 49.7 Å². The third-order valence-corrected chi connectivity index (χ3v) is 10.9. The Morgan fingerprint density at radius 1 is 0.560 bits per heavy atom. The number of fused-ring (bicyclic) bond motifs is 7. The third kappa shape index (κ3) is 4.35. The van der Waals surface area contributed by atoms with E-state index in [1.807, 2.05) is 36.4 Å². The van der Waals surface area contributed by atoms with E-state index in [4.69, 9.17) is 15.0 Å². The first kappa shape index (κ1) is 28.8. The molecule has 0 N–H and O–H groups in total. The molecule has 0 fully saturated rings. The van der Waals surface area contributed by atoms with Crippen molar-refractivity contribution in [1.82, 2.24) is 15.0 Å². The molecule has 2 heterocycles. The fourth-order valence-electron chi connectivity index (χ4n) is 8.40. The van der Waals surface area contributed by atoms with Gasteiger partial charge in [-0.2, -0.15) is 9.97 Å². The van der Waals surface area contributed by atoms with Crippen LogP contribution in [0.25, 0.3) is 50.2 Å². The van der Waals surface area contributed by atoms with Crippen molar-refractivity contribution in [3.63, 3.8) is 0 Å². The molecule has 0 amide bonds. The van der Waals surface area contributed by atoms with E-state index in [1.54, 1.807) is 0 Å². The first-order valence-corrected chi connectivity index (χ1v) is 17.4. The molecule has 2 atom stereocenters. The number of hydrogen-bond donors (Lipinski definition) is 0. The number of rotatable bonds is 4. The molecule has 1 aliphatic heterocycles. The van der Waals surface area contributed by atoms with Crippen LogP contribution in [-0.4, -0.2) is 21.0 Å². The van der Waals surface area contributed by atoms with E-state index in [0.29, 0.717) is 17.6 Å². The number of benzene rings is 6. The molecule has 238 valence electrons. The number of anilines is 2. The first-order valence-electron chi connectivity index (χ1n) is 17.4. The van der Waals surface area contributed by atoms with Crippen LogP contribution in [0.5, 0.6) is 0 Å². The second kappa shape index (κ2) is 10.9. The van der Waals surface area contributed by atoms with Crippen LogP contribution in [0.4, 0.5) is 11.6 Å². The van der Waals surface area contributed by atoms with Crippen LogP contribution < -0.4 is 4.90 Å². The average Bonchev–Trinajstić information content (AvgIpc) is 3.61. The lowest BCUT2D eigenvalue weighted by Gasteiger charge is -2.32. The quantitative estimate of drug-likeness (QED) is 0.192. The molecule has 10 rings (SSSR count). The van der Waals surface area contributed by atoms with Gasteiger partial charge < -0.3 is 4.90 Å². The monoisotopic (exact) mass is 642 g/mol. The van der Waals surface area contributed by atoms with Crippen molar-refractivity contribution in [2.75, 3.05) is 4.90 Å². The van der Waals surface area contributed by atoms with Gasteiger partial charge in [-0.15, -0.1) is 0 Å². The van der Waals surface area contributed by atoms with Gasteiger partial charge in [0.05, 0.1) is 6.04 Å². The van der Waals surface area contributed by atoms with Gasteiger partial charge in [-0.1, -0.05) is 159 Å². The second-order valence-electron chi connectivity index (χ2n) is 14.0. The Hall–Kier alpha value is -6.13. The van der Waals surface area contributed by atoms with Crippen LogP contribution in [0.15, 0.2) is 163 Å². The highest BCUT2D eigenvalue weighted by atomic mass is 15.3. The molecule has 4 nitrogen and oxygen atoms in total. The predicted molar refractivity (Wildman–Crippen MR) is 204 cm³/mol. The van der Waals surface area contributed by atoms with E-state index in [-0.39, 0.29) is 17.4 Å². The SMILES string of the molecule is CC1(C)C2=CC3C(C=C2c2ccc(-c4cccc5ccccc45)cc21)c1ccccc1N3c1nc(-c2ccccc2)nc(-c2ccccc2)n1. The van der Waals surface area contributed by atoms with Crippen LogP contribution in [0.3, 0.4) is 0 Å². The zero-order valence-corrected chi connectivity index (χ0v) is 28.0. The van der Waals surface area contributed by atoms with Gasteiger partial charge in [0.2, 0.25) is 5.95 Å². The topological polar surface area (TPSA) is 41.9 Å². The number of allylic oxidation sites excluding steroid dienone is 2. The molecule has 3 aliphatic rings. The normalized spacial score (nSPS) is 18.2. The summed E-state index contributed by atoms with van der Waals surface area (Å²) in [6.45, 7) is 4.75. The summed E-state index contributed by atoms with van der Waals surface area (Å²) in [5, 5.41) is 2.55. The highest BCUT2D eigenvalue weighted by Crippen LogP contribution is 2.57. The van der Waals surface area contributed by atoms with E-state index < -0.39 is 0 Å². The van der Waals surface area contributed by atoms with Crippen LogP contribution in [0.1, 0.15) is 36.5 Å². The molecular weight excluding hydrogens is 609 g/mol. The van der Waals surface area contributed by atoms with Crippen molar-refractivity contribution in [3.05, 3.63) is 180 Å². The van der Waals surface area contributed by atoms with Crippen molar-refractivity contribution in [2.24, 2.45) is 0 Å². The third-order valence-electron chi connectivity index (χ3n) is 10.9. The van der Waals surface area contributed by atoms with Crippen molar-refractivity contribution < 1.29 is 0 Å². The smallest absolute Gasteiger partial charge is 0.234 e. The Bertz CT molecular complexity index is 2470. The van der Waals surface area contributed by atoms with Gasteiger partial charge in [-0.25, -0.2) is 4.98 Å². The van der Waals surface area contributed by atoms with E-state index in [2.05, 4.69) is 140 Å². The maximum Gasteiger partial charge on any atom is 0.234 e. The molecule has 0 spiro atoms. The summed E-state index contributed by atoms with van der Waals surface area (Å²) in [6.07, 6.45) is 5.02. The van der Waals surface area contributed by atoms with Gasteiger partial charge in [0.25, 0.3) is 0 Å². The maximum atomic E-state index is 5.19. The first-order chi connectivity index (χ1) is 24.5. The zero-order chi connectivity index (χ0) is 33.4. The Labute approximate surface area is 292 Å². The minimum atomic E-state index is -0.184. The van der Waals surface area contributed by atoms with Crippen LogP contribution in [-0.2, 0) is 5.41 Å². The summed E-state index contributed by atoms with van der Waals surface area (Å²) in [5.74, 6) is 2.16. The Kier molecular flexibility index (Phi) is 6.31. The van der Waals surface area contributed by atoms with E-state index >= 15 is 0 Å². The molecule has 7 aromatic rings. The summed E-state index contributed by atoms with van der Waals surface area (Å²) in [7, 11) is 0. The number of nitrogens with zero attached hydrogens (tertiary/aromatic N) is 4. The minimum absolute atomic E-state index is 0.0203. The van der Waals surface area contributed by atoms with Crippen LogP contribution in [0, 0.1) is 0 Å². The van der Waals surface area contributed by atoms with E-state index in [0.717, 1.165) is 16.8 Å². The van der Waals surface area contributed by atoms with Gasteiger partial charge in [0, 0.05) is 28.1 Å². The lowest BCUT2D eigenvalue weighted by molar-refractivity contribution is 0.637. The fourth-order valence-corrected chi connectivity index (χ4v) is 8.40. The van der Waals surface area contributed by atoms with Crippen molar-refractivity contribution in [1.29, 1.82) is 0 Å². The molecule has 0 radical (unpaired) electrons. The number of para-hydroxylation sites is 1. The molecule has 6 aromatic carbocycles. The van der Waals surface area contributed by atoms with Gasteiger partial charge in [-0.05, 0) is 61.9 Å². The van der Waals surface area contributed by atoms with Crippen molar-refractivity contribution in [2.45, 2.75) is 31.2 Å². The molecule has 4 heteroatoms. The summed E-state index contributed by atoms with van der Waals surface area (Å²) >= 11 is 0. The van der Waals surface area contributed by atoms with Crippen LogP contribution >= 0.6 is 0 Å².